The summed E-state index contributed by atoms with van der Waals surface area (Å²) in [5.41, 5.74) is 11.8. The molecule has 254 valence electrons. The van der Waals surface area contributed by atoms with Gasteiger partial charge in [0.05, 0.1) is 0 Å². The van der Waals surface area contributed by atoms with Gasteiger partial charge in [-0.15, -0.1) is 0 Å². The molecule has 0 radical (unpaired) electrons. The van der Waals surface area contributed by atoms with E-state index in [2.05, 4.69) is 166 Å². The van der Waals surface area contributed by atoms with Gasteiger partial charge in [-0.1, -0.05) is 153 Å². The summed E-state index contributed by atoms with van der Waals surface area (Å²) in [7, 11) is 0. The number of nitrogens with zero attached hydrogens (tertiary/aromatic N) is 3. The third-order valence-corrected chi connectivity index (χ3v) is 11.3. The Hall–Kier alpha value is -6.91. The highest BCUT2D eigenvalue weighted by Gasteiger charge is 2.35. The second-order valence-electron chi connectivity index (χ2n) is 14.8. The maximum atomic E-state index is 6.44. The van der Waals surface area contributed by atoms with Crippen LogP contribution in [0.25, 0.3) is 99.9 Å². The molecule has 2 aromatic heterocycles. The first kappa shape index (κ1) is 30.7. The normalized spacial score (nSPS) is 13.1. The molecular formula is C50H33N3O. The number of hydrogen-bond donors (Lipinski definition) is 0. The first-order valence-corrected chi connectivity index (χ1v) is 18.4. The van der Waals surface area contributed by atoms with Gasteiger partial charge < -0.3 is 4.42 Å². The van der Waals surface area contributed by atoms with Crippen molar-refractivity contribution in [2.75, 3.05) is 0 Å². The lowest BCUT2D eigenvalue weighted by Crippen LogP contribution is -2.15. The van der Waals surface area contributed by atoms with Gasteiger partial charge in [0.25, 0.3) is 0 Å². The highest BCUT2D eigenvalue weighted by Crippen LogP contribution is 2.49. The maximum Gasteiger partial charge on any atom is 0.164 e. The largest absolute Gasteiger partial charge is 0.456 e. The van der Waals surface area contributed by atoms with Crippen molar-refractivity contribution in [2.45, 2.75) is 19.3 Å². The summed E-state index contributed by atoms with van der Waals surface area (Å²) < 4.78 is 6.44. The summed E-state index contributed by atoms with van der Waals surface area (Å²) in [6, 6.07) is 57.8. The fourth-order valence-electron chi connectivity index (χ4n) is 8.67. The molecule has 0 aliphatic heterocycles. The van der Waals surface area contributed by atoms with Gasteiger partial charge in [0.2, 0.25) is 0 Å². The van der Waals surface area contributed by atoms with E-state index in [1.165, 1.54) is 33.0 Å². The Bertz CT molecular complexity index is 3150. The molecule has 4 nitrogen and oxygen atoms in total. The van der Waals surface area contributed by atoms with Crippen LogP contribution >= 0.6 is 0 Å². The summed E-state index contributed by atoms with van der Waals surface area (Å²) in [5.74, 6) is 1.92. The molecule has 0 bridgehead atoms. The van der Waals surface area contributed by atoms with E-state index >= 15 is 0 Å². The van der Waals surface area contributed by atoms with E-state index in [1.54, 1.807) is 0 Å². The van der Waals surface area contributed by atoms with Crippen LogP contribution in [0.3, 0.4) is 0 Å². The lowest BCUT2D eigenvalue weighted by Gasteiger charge is -2.21. The number of hydrogen-bond acceptors (Lipinski definition) is 4. The van der Waals surface area contributed by atoms with Crippen molar-refractivity contribution in [3.8, 4) is 56.4 Å². The Kier molecular flexibility index (Phi) is 6.56. The average Bonchev–Trinajstić information content (AvgIpc) is 3.72. The van der Waals surface area contributed by atoms with E-state index in [1.807, 2.05) is 12.1 Å². The molecule has 4 heteroatoms. The van der Waals surface area contributed by atoms with Gasteiger partial charge in [0.1, 0.15) is 11.2 Å². The molecule has 54 heavy (non-hydrogen) atoms. The maximum absolute atomic E-state index is 6.44. The standard InChI is InChI=1S/C50H33N3O/c1-50(2)42-23-9-7-19-36(42)37-26-25-33(28-43(37)50)48-51-47(52-49(53-48)39-22-12-14-30-13-3-4-17-34(30)39)32-16-11-15-31(27-32)41-29-45-46(38-20-6-5-18-35(38)41)40-21-8-10-24-44(40)54-45/h3-29H,1-2H3. The van der Waals surface area contributed by atoms with Crippen LogP contribution in [0.1, 0.15) is 25.0 Å². The Balaban J connectivity index is 1.11. The fraction of sp³-hybridized carbons (Fsp3) is 0.0600. The van der Waals surface area contributed by atoms with Crippen LogP contribution in [0.2, 0.25) is 0 Å². The van der Waals surface area contributed by atoms with Gasteiger partial charge in [-0.2, -0.15) is 0 Å². The second-order valence-corrected chi connectivity index (χ2v) is 14.8. The smallest absolute Gasteiger partial charge is 0.164 e. The molecule has 0 amide bonds. The summed E-state index contributed by atoms with van der Waals surface area (Å²) in [6.45, 7) is 4.61. The van der Waals surface area contributed by atoms with Crippen molar-refractivity contribution in [1.82, 2.24) is 15.0 Å². The van der Waals surface area contributed by atoms with Crippen molar-refractivity contribution in [2.24, 2.45) is 0 Å². The summed E-state index contributed by atoms with van der Waals surface area (Å²) in [6.07, 6.45) is 0. The van der Waals surface area contributed by atoms with Crippen molar-refractivity contribution in [1.29, 1.82) is 0 Å². The topological polar surface area (TPSA) is 51.8 Å². The van der Waals surface area contributed by atoms with Gasteiger partial charge in [0, 0.05) is 32.9 Å². The van der Waals surface area contributed by atoms with Gasteiger partial charge in [-0.3, -0.25) is 0 Å². The molecule has 10 aromatic rings. The first-order chi connectivity index (χ1) is 26.5. The third-order valence-electron chi connectivity index (χ3n) is 11.3. The van der Waals surface area contributed by atoms with Crippen molar-refractivity contribution >= 4 is 43.5 Å². The van der Waals surface area contributed by atoms with E-state index in [0.717, 1.165) is 60.5 Å². The quantitative estimate of drug-likeness (QED) is 0.184. The summed E-state index contributed by atoms with van der Waals surface area (Å²) in [5, 5.41) is 6.86. The van der Waals surface area contributed by atoms with Crippen LogP contribution < -0.4 is 0 Å². The molecule has 1 aliphatic rings. The minimum absolute atomic E-state index is 0.145. The summed E-state index contributed by atoms with van der Waals surface area (Å²) >= 11 is 0. The highest BCUT2D eigenvalue weighted by molar-refractivity contribution is 6.22. The number of rotatable bonds is 4. The van der Waals surface area contributed by atoms with Gasteiger partial charge >= 0.3 is 0 Å². The Morgan fingerprint density at radius 1 is 0.389 bits per heavy atom. The zero-order valence-corrected chi connectivity index (χ0v) is 29.8. The van der Waals surface area contributed by atoms with Crippen LogP contribution in [0.5, 0.6) is 0 Å². The van der Waals surface area contributed by atoms with E-state index in [9.17, 15) is 0 Å². The number of benzene rings is 8. The minimum atomic E-state index is -0.145. The molecule has 1 aliphatic carbocycles. The molecule has 0 unspecified atom stereocenters. The molecule has 11 rings (SSSR count). The Labute approximate surface area is 312 Å². The minimum Gasteiger partial charge on any atom is -0.456 e. The predicted octanol–water partition coefficient (Wildman–Crippen LogP) is 13.1. The summed E-state index contributed by atoms with van der Waals surface area (Å²) in [4.78, 5) is 15.7. The molecule has 0 saturated carbocycles. The van der Waals surface area contributed by atoms with E-state index < -0.39 is 0 Å². The zero-order valence-electron chi connectivity index (χ0n) is 29.8. The second kappa shape index (κ2) is 11.5. The lowest BCUT2D eigenvalue weighted by atomic mass is 9.82. The lowest BCUT2D eigenvalue weighted by molar-refractivity contribution is 0.660. The molecule has 8 aromatic carbocycles. The molecule has 0 N–H and O–H groups in total. The van der Waals surface area contributed by atoms with Crippen molar-refractivity contribution in [3.05, 3.63) is 175 Å². The molecule has 0 spiro atoms. The van der Waals surface area contributed by atoms with E-state index in [4.69, 9.17) is 19.4 Å². The van der Waals surface area contributed by atoms with Crippen LogP contribution in [0.4, 0.5) is 0 Å². The third kappa shape index (κ3) is 4.60. The van der Waals surface area contributed by atoms with Gasteiger partial charge in [-0.25, -0.2) is 15.0 Å². The van der Waals surface area contributed by atoms with Crippen molar-refractivity contribution < 1.29 is 4.42 Å². The van der Waals surface area contributed by atoms with Crippen molar-refractivity contribution in [3.63, 3.8) is 0 Å². The molecule has 2 heterocycles. The molecule has 0 fully saturated rings. The van der Waals surface area contributed by atoms with Crippen LogP contribution in [-0.4, -0.2) is 15.0 Å². The van der Waals surface area contributed by atoms with Crippen LogP contribution in [0, 0.1) is 0 Å². The number of furan rings is 1. The SMILES string of the molecule is CC1(C)c2ccccc2-c2ccc(-c3nc(-c4cccc(-c5cc6oc7ccccc7c6c6ccccc56)c4)nc(-c4cccc5ccccc45)n3)cc21. The molecule has 0 saturated heterocycles. The molecule has 0 atom stereocenters. The zero-order chi connectivity index (χ0) is 36.0. The Morgan fingerprint density at radius 2 is 1.00 bits per heavy atom. The highest BCUT2D eigenvalue weighted by atomic mass is 16.3. The predicted molar refractivity (Wildman–Crippen MR) is 221 cm³/mol. The number of fused-ring (bicyclic) bond motifs is 9. The first-order valence-electron chi connectivity index (χ1n) is 18.4. The van der Waals surface area contributed by atoms with Crippen LogP contribution in [-0.2, 0) is 5.41 Å². The molecular weight excluding hydrogens is 659 g/mol. The van der Waals surface area contributed by atoms with E-state index in [-0.39, 0.29) is 5.41 Å². The fourth-order valence-corrected chi connectivity index (χ4v) is 8.67. The monoisotopic (exact) mass is 691 g/mol. The Morgan fingerprint density at radius 3 is 1.87 bits per heavy atom. The number of para-hydroxylation sites is 1. The van der Waals surface area contributed by atoms with Gasteiger partial charge in [-0.05, 0) is 79.2 Å². The van der Waals surface area contributed by atoms with Crippen LogP contribution in [0.15, 0.2) is 168 Å². The number of aromatic nitrogens is 3. The van der Waals surface area contributed by atoms with Gasteiger partial charge in [0.15, 0.2) is 17.5 Å². The van der Waals surface area contributed by atoms with E-state index in [0.29, 0.717) is 17.5 Å². The average molecular weight is 692 g/mol.